The molecule has 3 rings (SSSR count). The van der Waals surface area contributed by atoms with E-state index in [0.29, 0.717) is 0 Å². The van der Waals surface area contributed by atoms with Crippen LogP contribution in [0.2, 0.25) is 0 Å². The normalized spacial score (nSPS) is 10.8. The summed E-state index contributed by atoms with van der Waals surface area (Å²) in [5.41, 5.74) is 4.98. The third-order valence-electron chi connectivity index (χ3n) is 2.40. The van der Waals surface area contributed by atoms with Gasteiger partial charge < -0.3 is 0 Å². The van der Waals surface area contributed by atoms with Crippen LogP contribution < -0.4 is 0 Å². The zero-order chi connectivity index (χ0) is 11.0. The quantitative estimate of drug-likeness (QED) is 0.641. The van der Waals surface area contributed by atoms with Gasteiger partial charge in [-0.3, -0.25) is 0 Å². The summed E-state index contributed by atoms with van der Waals surface area (Å²) in [6.07, 6.45) is 1.79. The Kier molecular flexibility index (Phi) is 2.15. The lowest BCUT2D eigenvalue weighted by Crippen LogP contribution is -1.89. The van der Waals surface area contributed by atoms with Crippen molar-refractivity contribution in [3.8, 4) is 11.3 Å². The first-order chi connectivity index (χ1) is 7.83. The van der Waals surface area contributed by atoms with Crippen LogP contribution in [0.15, 0.2) is 36.0 Å². The molecule has 16 heavy (non-hydrogen) atoms. The predicted molar refractivity (Wildman–Crippen MR) is 65.4 cm³/mol. The Hall–Kier alpha value is -1.81. The van der Waals surface area contributed by atoms with Crippen LogP contribution in [0.3, 0.4) is 0 Å². The van der Waals surface area contributed by atoms with Crippen molar-refractivity contribution in [3.05, 3.63) is 41.8 Å². The second-order valence-electron chi connectivity index (χ2n) is 3.52. The molecule has 0 saturated heterocycles. The van der Waals surface area contributed by atoms with Gasteiger partial charge in [-0.05, 0) is 25.1 Å². The molecular weight excluding hydrogens is 218 g/mol. The molecule has 0 aliphatic carbocycles. The molecule has 0 unspecified atom stereocenters. The molecule has 2 heterocycles. The molecule has 0 fully saturated rings. The van der Waals surface area contributed by atoms with Gasteiger partial charge in [-0.15, -0.1) is 11.3 Å². The van der Waals surface area contributed by atoms with Crippen molar-refractivity contribution in [3.63, 3.8) is 0 Å². The first-order valence-electron chi connectivity index (χ1n) is 4.96. The highest BCUT2D eigenvalue weighted by molar-refractivity contribution is 7.16. The number of nitrogens with zero attached hydrogens (tertiary/aromatic N) is 3. The smallest absolute Gasteiger partial charge is 0.125 e. The molecule has 3 aromatic rings. The van der Waals surface area contributed by atoms with E-state index in [9.17, 15) is 0 Å². The molecule has 0 spiro atoms. The van der Waals surface area contributed by atoms with E-state index in [4.69, 9.17) is 0 Å². The summed E-state index contributed by atoms with van der Waals surface area (Å²) in [4.78, 5) is 12.8. The van der Waals surface area contributed by atoms with Crippen LogP contribution in [-0.2, 0) is 0 Å². The first kappa shape index (κ1) is 9.42. The van der Waals surface area contributed by atoms with Crippen molar-refractivity contribution in [2.75, 3.05) is 0 Å². The zero-order valence-corrected chi connectivity index (χ0v) is 9.53. The minimum Gasteiger partial charge on any atom is -0.245 e. The van der Waals surface area contributed by atoms with Gasteiger partial charge in [0.2, 0.25) is 0 Å². The zero-order valence-electron chi connectivity index (χ0n) is 8.71. The van der Waals surface area contributed by atoms with Gasteiger partial charge >= 0.3 is 0 Å². The molecule has 0 radical (unpaired) electrons. The minimum atomic E-state index is 0.793. The lowest BCUT2D eigenvalue weighted by Gasteiger charge is -2.00. The fourth-order valence-corrected chi connectivity index (χ4v) is 2.35. The van der Waals surface area contributed by atoms with Gasteiger partial charge in [0.15, 0.2) is 0 Å². The van der Waals surface area contributed by atoms with Crippen LogP contribution in [0.5, 0.6) is 0 Å². The first-order valence-corrected chi connectivity index (χ1v) is 5.84. The van der Waals surface area contributed by atoms with Gasteiger partial charge in [-0.25, -0.2) is 15.0 Å². The Bertz CT molecular complexity index is 645. The lowest BCUT2D eigenvalue weighted by atomic mass is 10.1. The summed E-state index contributed by atoms with van der Waals surface area (Å²) in [6, 6.07) is 8.12. The highest BCUT2D eigenvalue weighted by Crippen LogP contribution is 2.24. The van der Waals surface area contributed by atoms with Crippen molar-refractivity contribution in [1.82, 2.24) is 15.0 Å². The van der Waals surface area contributed by atoms with Gasteiger partial charge in [-0.2, -0.15) is 0 Å². The largest absolute Gasteiger partial charge is 0.245 e. The summed E-state index contributed by atoms with van der Waals surface area (Å²) in [5.74, 6) is 0.793. The minimum absolute atomic E-state index is 0.793. The van der Waals surface area contributed by atoms with Crippen LogP contribution in [0, 0.1) is 6.92 Å². The van der Waals surface area contributed by atoms with Crippen molar-refractivity contribution < 1.29 is 0 Å². The number of aromatic nitrogens is 3. The van der Waals surface area contributed by atoms with E-state index in [0.717, 1.165) is 22.6 Å². The average molecular weight is 227 g/mol. The molecule has 0 bridgehead atoms. The molecule has 0 aliphatic heterocycles. The van der Waals surface area contributed by atoms with Gasteiger partial charge in [-0.1, -0.05) is 6.07 Å². The van der Waals surface area contributed by atoms with E-state index in [1.165, 1.54) is 4.70 Å². The van der Waals surface area contributed by atoms with Crippen LogP contribution in [0.1, 0.15) is 5.82 Å². The van der Waals surface area contributed by atoms with Gasteiger partial charge in [0.25, 0.3) is 0 Å². The van der Waals surface area contributed by atoms with E-state index in [-0.39, 0.29) is 0 Å². The van der Waals surface area contributed by atoms with Crippen LogP contribution in [-0.4, -0.2) is 15.0 Å². The third-order valence-corrected chi connectivity index (χ3v) is 3.19. The topological polar surface area (TPSA) is 38.7 Å². The fraction of sp³-hybridized carbons (Fsp3) is 0.0833. The molecule has 0 amide bonds. The number of benzene rings is 1. The molecule has 0 atom stereocenters. The fourth-order valence-electron chi connectivity index (χ4n) is 1.63. The van der Waals surface area contributed by atoms with E-state index in [1.54, 1.807) is 17.5 Å². The van der Waals surface area contributed by atoms with Crippen molar-refractivity contribution >= 4 is 21.6 Å². The second-order valence-corrected chi connectivity index (χ2v) is 4.41. The Morgan fingerprint density at radius 1 is 1.12 bits per heavy atom. The number of thiazole rings is 1. The number of aryl methyl sites for hydroxylation is 1. The SMILES string of the molecule is Cc1nccc(-c2ccc3ncsc3c2)n1. The van der Waals surface area contributed by atoms with Crippen LogP contribution in [0.25, 0.3) is 21.5 Å². The molecule has 78 valence electrons. The number of hydrogen-bond acceptors (Lipinski definition) is 4. The summed E-state index contributed by atoms with van der Waals surface area (Å²) in [6.45, 7) is 1.90. The summed E-state index contributed by atoms with van der Waals surface area (Å²) >= 11 is 1.65. The maximum absolute atomic E-state index is 4.41. The standard InChI is InChI=1S/C12H9N3S/c1-8-13-5-4-10(15-8)9-2-3-11-12(6-9)16-7-14-11/h2-7H,1H3. The highest BCUT2D eigenvalue weighted by atomic mass is 32.1. The van der Waals surface area contributed by atoms with Crippen molar-refractivity contribution in [1.29, 1.82) is 0 Å². The molecule has 4 heteroatoms. The third kappa shape index (κ3) is 1.57. The molecule has 2 aromatic heterocycles. The maximum atomic E-state index is 4.41. The van der Waals surface area contributed by atoms with Crippen LogP contribution in [0.4, 0.5) is 0 Å². The predicted octanol–water partition coefficient (Wildman–Crippen LogP) is 3.06. The molecule has 3 nitrogen and oxygen atoms in total. The van der Waals surface area contributed by atoms with Crippen molar-refractivity contribution in [2.45, 2.75) is 6.92 Å². The Morgan fingerprint density at radius 2 is 2.06 bits per heavy atom. The van der Waals surface area contributed by atoms with E-state index in [1.807, 2.05) is 30.6 Å². The Balaban J connectivity index is 2.18. The summed E-state index contributed by atoms with van der Waals surface area (Å²) in [7, 11) is 0. The van der Waals surface area contributed by atoms with Gasteiger partial charge in [0, 0.05) is 11.8 Å². The van der Waals surface area contributed by atoms with E-state index in [2.05, 4.69) is 21.0 Å². The van der Waals surface area contributed by atoms with Gasteiger partial charge in [0.1, 0.15) is 5.82 Å². The lowest BCUT2D eigenvalue weighted by molar-refractivity contribution is 1.06. The second kappa shape index (κ2) is 3.64. The number of fused-ring (bicyclic) bond motifs is 1. The Morgan fingerprint density at radius 3 is 2.94 bits per heavy atom. The van der Waals surface area contributed by atoms with E-state index < -0.39 is 0 Å². The summed E-state index contributed by atoms with van der Waals surface area (Å²) < 4.78 is 1.19. The molecule has 0 saturated carbocycles. The van der Waals surface area contributed by atoms with Gasteiger partial charge in [0.05, 0.1) is 21.4 Å². The summed E-state index contributed by atoms with van der Waals surface area (Å²) in [5, 5.41) is 0. The molecule has 0 N–H and O–H groups in total. The van der Waals surface area contributed by atoms with E-state index >= 15 is 0 Å². The number of rotatable bonds is 1. The monoisotopic (exact) mass is 227 g/mol. The molecule has 0 aliphatic rings. The van der Waals surface area contributed by atoms with Crippen LogP contribution >= 0.6 is 11.3 Å². The van der Waals surface area contributed by atoms with Crippen molar-refractivity contribution in [2.24, 2.45) is 0 Å². The molecule has 1 aromatic carbocycles. The average Bonchev–Trinajstić information content (AvgIpc) is 2.75. The number of hydrogen-bond donors (Lipinski definition) is 0. The molecular formula is C12H9N3S. The maximum Gasteiger partial charge on any atom is 0.125 e. The Labute approximate surface area is 96.8 Å². The highest BCUT2D eigenvalue weighted by Gasteiger charge is 2.02.